The van der Waals surface area contributed by atoms with Gasteiger partial charge in [-0.25, -0.2) is 4.52 Å². The first kappa shape index (κ1) is 12.6. The third-order valence-corrected chi connectivity index (χ3v) is 5.32. The first-order valence-corrected chi connectivity index (χ1v) is 8.05. The lowest BCUT2D eigenvalue weighted by Crippen LogP contribution is -2.35. The molecule has 0 spiro atoms. The van der Waals surface area contributed by atoms with Gasteiger partial charge >= 0.3 is 0 Å². The van der Waals surface area contributed by atoms with E-state index in [-0.39, 0.29) is 0 Å². The van der Waals surface area contributed by atoms with Crippen LogP contribution in [0.25, 0.3) is 5.65 Å². The maximum absolute atomic E-state index is 4.73. The predicted molar refractivity (Wildman–Crippen MR) is 82.0 cm³/mol. The van der Waals surface area contributed by atoms with Gasteiger partial charge in [-0.3, -0.25) is 0 Å². The second-order valence-electron chi connectivity index (χ2n) is 5.75. The van der Waals surface area contributed by atoms with Crippen molar-refractivity contribution in [3.63, 3.8) is 0 Å². The molecule has 4 heterocycles. The molecule has 2 aliphatic heterocycles. The largest absolute Gasteiger partial charge is 0.336 e. The van der Waals surface area contributed by atoms with Crippen LogP contribution in [0.5, 0.6) is 0 Å². The van der Waals surface area contributed by atoms with Crippen molar-refractivity contribution in [1.29, 1.82) is 0 Å². The zero-order chi connectivity index (χ0) is 13.7. The van der Waals surface area contributed by atoms with Gasteiger partial charge in [0.05, 0.1) is 4.47 Å². The molecule has 0 amide bonds. The number of fused-ring (bicyclic) bond motifs is 2. The van der Waals surface area contributed by atoms with E-state index in [2.05, 4.69) is 38.2 Å². The van der Waals surface area contributed by atoms with Gasteiger partial charge in [0.1, 0.15) is 0 Å². The van der Waals surface area contributed by atoms with Crippen molar-refractivity contribution in [2.75, 3.05) is 24.5 Å². The third kappa shape index (κ3) is 1.78. The highest BCUT2D eigenvalue weighted by Gasteiger charge is 2.44. The summed E-state index contributed by atoms with van der Waals surface area (Å²) < 4.78 is 2.85. The Balaban J connectivity index is 1.73. The van der Waals surface area contributed by atoms with Gasteiger partial charge in [-0.15, -0.1) is 5.10 Å². The molecular formula is C14H18BrN5. The Labute approximate surface area is 126 Å². The lowest BCUT2D eigenvalue weighted by Gasteiger charge is -2.25. The van der Waals surface area contributed by atoms with Crippen LogP contribution in [0.2, 0.25) is 0 Å². The van der Waals surface area contributed by atoms with Gasteiger partial charge in [0.25, 0.3) is 0 Å². The Morgan fingerprint density at radius 3 is 3.15 bits per heavy atom. The Hall–Kier alpha value is -1.14. The molecule has 3 atom stereocenters. The third-order valence-electron chi connectivity index (χ3n) is 4.70. The summed E-state index contributed by atoms with van der Waals surface area (Å²) in [5.74, 6) is 2.36. The fourth-order valence-corrected chi connectivity index (χ4v) is 4.18. The second-order valence-corrected chi connectivity index (χ2v) is 6.60. The molecule has 2 saturated heterocycles. The summed E-state index contributed by atoms with van der Waals surface area (Å²) in [7, 11) is 0. The van der Waals surface area contributed by atoms with E-state index < -0.39 is 0 Å². The molecule has 20 heavy (non-hydrogen) atoms. The predicted octanol–water partition coefficient (Wildman–Crippen LogP) is 1.93. The minimum Gasteiger partial charge on any atom is -0.336 e. The van der Waals surface area contributed by atoms with Crippen LogP contribution in [-0.2, 0) is 0 Å². The Morgan fingerprint density at radius 2 is 2.35 bits per heavy atom. The van der Waals surface area contributed by atoms with Crippen molar-refractivity contribution in [1.82, 2.24) is 19.9 Å². The molecule has 5 nitrogen and oxygen atoms in total. The Morgan fingerprint density at radius 1 is 1.45 bits per heavy atom. The van der Waals surface area contributed by atoms with Crippen LogP contribution in [-0.4, -0.2) is 40.3 Å². The van der Waals surface area contributed by atoms with Crippen LogP contribution in [0.1, 0.15) is 13.3 Å². The molecule has 2 aromatic rings. The molecule has 106 valence electrons. The van der Waals surface area contributed by atoms with Crippen LogP contribution in [0, 0.1) is 11.8 Å². The Kier molecular flexibility index (Phi) is 2.96. The molecule has 4 rings (SSSR count). The SMILES string of the molecule is CCC1C2CNCC2CN1c1nc2c(Br)cccn2n1. The number of hydrogen-bond donors (Lipinski definition) is 1. The van der Waals surface area contributed by atoms with E-state index in [1.807, 2.05) is 22.8 Å². The normalized spacial score (nSPS) is 29.3. The van der Waals surface area contributed by atoms with Crippen LogP contribution in [0.15, 0.2) is 22.8 Å². The van der Waals surface area contributed by atoms with E-state index in [1.54, 1.807) is 0 Å². The molecule has 2 aromatic heterocycles. The average molecular weight is 336 g/mol. The zero-order valence-electron chi connectivity index (χ0n) is 11.5. The van der Waals surface area contributed by atoms with Gasteiger partial charge in [0.2, 0.25) is 5.95 Å². The highest BCUT2D eigenvalue weighted by atomic mass is 79.9. The second kappa shape index (κ2) is 4.70. The van der Waals surface area contributed by atoms with Gasteiger partial charge in [-0.05, 0) is 46.3 Å². The minimum atomic E-state index is 0.561. The number of hydrogen-bond acceptors (Lipinski definition) is 4. The summed E-state index contributed by atoms with van der Waals surface area (Å²) in [6, 6.07) is 4.55. The van der Waals surface area contributed by atoms with E-state index >= 15 is 0 Å². The van der Waals surface area contributed by atoms with Gasteiger partial charge in [-0.2, -0.15) is 4.98 Å². The highest BCUT2D eigenvalue weighted by molar-refractivity contribution is 9.10. The van der Waals surface area contributed by atoms with E-state index in [0.717, 1.165) is 54.0 Å². The number of halogens is 1. The number of anilines is 1. The van der Waals surface area contributed by atoms with Crippen LogP contribution >= 0.6 is 15.9 Å². The number of pyridine rings is 1. The van der Waals surface area contributed by atoms with Gasteiger partial charge in [0, 0.05) is 31.9 Å². The molecule has 0 aromatic carbocycles. The van der Waals surface area contributed by atoms with E-state index in [1.165, 1.54) is 0 Å². The summed E-state index contributed by atoms with van der Waals surface area (Å²) in [6.45, 7) is 5.61. The summed E-state index contributed by atoms with van der Waals surface area (Å²) in [5, 5.41) is 8.18. The lowest BCUT2D eigenvalue weighted by molar-refractivity contribution is 0.440. The van der Waals surface area contributed by atoms with Gasteiger partial charge < -0.3 is 10.2 Å². The van der Waals surface area contributed by atoms with Gasteiger partial charge in [0.15, 0.2) is 5.65 Å². The molecule has 3 unspecified atom stereocenters. The lowest BCUT2D eigenvalue weighted by atomic mass is 9.93. The highest BCUT2D eigenvalue weighted by Crippen LogP contribution is 2.36. The summed E-state index contributed by atoms with van der Waals surface area (Å²) in [6.07, 6.45) is 3.11. The van der Waals surface area contributed by atoms with Crippen molar-refractivity contribution in [2.45, 2.75) is 19.4 Å². The minimum absolute atomic E-state index is 0.561. The number of aromatic nitrogens is 3. The van der Waals surface area contributed by atoms with Crippen molar-refractivity contribution in [3.8, 4) is 0 Å². The Bertz CT molecular complexity index is 640. The molecule has 1 N–H and O–H groups in total. The maximum Gasteiger partial charge on any atom is 0.245 e. The van der Waals surface area contributed by atoms with Crippen molar-refractivity contribution >= 4 is 27.5 Å². The summed E-state index contributed by atoms with van der Waals surface area (Å²) >= 11 is 3.55. The number of nitrogens with one attached hydrogen (secondary N) is 1. The van der Waals surface area contributed by atoms with Crippen molar-refractivity contribution in [3.05, 3.63) is 22.8 Å². The molecule has 0 aliphatic carbocycles. The summed E-state index contributed by atoms with van der Waals surface area (Å²) in [4.78, 5) is 7.14. The van der Waals surface area contributed by atoms with Crippen LogP contribution < -0.4 is 10.2 Å². The smallest absolute Gasteiger partial charge is 0.245 e. The molecular weight excluding hydrogens is 318 g/mol. The van der Waals surface area contributed by atoms with Crippen LogP contribution in [0.4, 0.5) is 5.95 Å². The fourth-order valence-electron chi connectivity index (χ4n) is 3.76. The molecule has 2 aliphatic rings. The topological polar surface area (TPSA) is 45.5 Å². The first-order chi connectivity index (χ1) is 9.78. The van der Waals surface area contributed by atoms with Crippen molar-refractivity contribution < 1.29 is 0 Å². The number of nitrogens with zero attached hydrogens (tertiary/aromatic N) is 4. The molecule has 0 radical (unpaired) electrons. The van der Waals surface area contributed by atoms with Crippen molar-refractivity contribution in [2.24, 2.45) is 11.8 Å². The fraction of sp³-hybridized carbons (Fsp3) is 0.571. The molecule has 0 saturated carbocycles. The maximum atomic E-state index is 4.73. The van der Waals surface area contributed by atoms with E-state index in [4.69, 9.17) is 4.98 Å². The first-order valence-electron chi connectivity index (χ1n) is 7.26. The van der Waals surface area contributed by atoms with E-state index in [0.29, 0.717) is 6.04 Å². The quantitative estimate of drug-likeness (QED) is 0.910. The average Bonchev–Trinajstić information content (AvgIpc) is 3.11. The number of rotatable bonds is 2. The molecule has 0 bridgehead atoms. The molecule has 2 fully saturated rings. The van der Waals surface area contributed by atoms with Gasteiger partial charge in [-0.1, -0.05) is 6.92 Å². The van der Waals surface area contributed by atoms with Crippen LogP contribution in [0.3, 0.4) is 0 Å². The standard InChI is InChI=1S/C14H18BrN5/c1-2-12-10-7-16-6-9(10)8-19(12)14-17-13-11(15)4-3-5-20(13)18-14/h3-5,9-10,12,16H,2,6-8H2,1H3. The van der Waals surface area contributed by atoms with E-state index in [9.17, 15) is 0 Å². The molecule has 6 heteroatoms. The monoisotopic (exact) mass is 335 g/mol. The zero-order valence-corrected chi connectivity index (χ0v) is 13.0. The summed E-state index contributed by atoms with van der Waals surface area (Å²) in [5.41, 5.74) is 0.896.